The van der Waals surface area contributed by atoms with Gasteiger partial charge < -0.3 is 13.9 Å². The summed E-state index contributed by atoms with van der Waals surface area (Å²) >= 11 is 0. The predicted molar refractivity (Wildman–Crippen MR) is 103 cm³/mol. The summed E-state index contributed by atoms with van der Waals surface area (Å²) in [5.74, 6) is 1.12. The summed E-state index contributed by atoms with van der Waals surface area (Å²) in [5.41, 5.74) is 1.07. The van der Waals surface area contributed by atoms with Crippen molar-refractivity contribution >= 4 is 11.9 Å². The average Bonchev–Trinajstić information content (AvgIpc) is 3.33. The molecule has 3 rings (SSSR count). The van der Waals surface area contributed by atoms with Crippen molar-refractivity contribution in [3.8, 4) is 23.0 Å². The zero-order chi connectivity index (χ0) is 20.1. The fourth-order valence-corrected chi connectivity index (χ4v) is 2.64. The Morgan fingerprint density at radius 3 is 2.61 bits per heavy atom. The van der Waals surface area contributed by atoms with E-state index in [1.54, 1.807) is 35.1 Å². The lowest BCUT2D eigenvalue weighted by molar-refractivity contribution is 0.101. The zero-order valence-corrected chi connectivity index (χ0v) is 16.3. The number of hydrogen-bond donors (Lipinski definition) is 1. The van der Waals surface area contributed by atoms with Crippen molar-refractivity contribution in [3.63, 3.8) is 0 Å². The summed E-state index contributed by atoms with van der Waals surface area (Å²) in [7, 11) is 0. The van der Waals surface area contributed by atoms with Gasteiger partial charge in [-0.3, -0.25) is 14.8 Å². The maximum Gasteiger partial charge on any atom is 0.322 e. The molecule has 2 aromatic heterocycles. The van der Waals surface area contributed by atoms with Gasteiger partial charge in [0.1, 0.15) is 5.69 Å². The number of carbonyl (C=O) groups excluding carboxylic acids is 1. The molecule has 1 amide bonds. The molecule has 0 aliphatic heterocycles. The van der Waals surface area contributed by atoms with Gasteiger partial charge in [-0.25, -0.2) is 0 Å². The van der Waals surface area contributed by atoms with Crippen molar-refractivity contribution in [3.05, 3.63) is 36.2 Å². The third-order valence-corrected chi connectivity index (χ3v) is 3.83. The molecule has 28 heavy (non-hydrogen) atoms. The Balaban J connectivity index is 1.79. The summed E-state index contributed by atoms with van der Waals surface area (Å²) in [5, 5.41) is 14.7. The third kappa shape index (κ3) is 4.13. The van der Waals surface area contributed by atoms with Crippen LogP contribution < -0.4 is 14.8 Å². The van der Waals surface area contributed by atoms with Crippen LogP contribution in [0.3, 0.4) is 0 Å². The van der Waals surface area contributed by atoms with Gasteiger partial charge in [-0.05, 0) is 52.0 Å². The van der Waals surface area contributed by atoms with Gasteiger partial charge >= 0.3 is 6.01 Å². The van der Waals surface area contributed by atoms with E-state index in [4.69, 9.17) is 13.9 Å². The Kier molecular flexibility index (Phi) is 5.93. The van der Waals surface area contributed by atoms with Crippen LogP contribution in [0.2, 0.25) is 0 Å². The van der Waals surface area contributed by atoms with Crippen LogP contribution in [0.1, 0.15) is 44.2 Å². The maximum absolute atomic E-state index is 12.5. The molecular formula is C19H23N5O4. The number of amides is 1. The van der Waals surface area contributed by atoms with Gasteiger partial charge in [0, 0.05) is 17.8 Å². The standard InChI is InChI=1S/C19H23N5O4/c1-5-26-15-8-7-13(11-16(15)27-6-2)18-22-23-19(28-18)21-17(25)14-9-10-20-24(14)12(3)4/h7-12H,5-6H2,1-4H3,(H,21,23,25). The maximum atomic E-state index is 12.5. The molecule has 0 fully saturated rings. The first-order chi connectivity index (χ1) is 13.5. The molecular weight excluding hydrogens is 362 g/mol. The highest BCUT2D eigenvalue weighted by atomic mass is 16.5. The van der Waals surface area contributed by atoms with Crippen LogP contribution in [0, 0.1) is 0 Å². The molecule has 0 saturated heterocycles. The van der Waals surface area contributed by atoms with E-state index in [2.05, 4.69) is 20.6 Å². The van der Waals surface area contributed by atoms with E-state index < -0.39 is 0 Å². The Labute approximate surface area is 162 Å². The quantitative estimate of drug-likeness (QED) is 0.632. The molecule has 3 aromatic rings. The molecule has 1 aromatic carbocycles. The van der Waals surface area contributed by atoms with E-state index >= 15 is 0 Å². The molecule has 0 bridgehead atoms. The number of benzene rings is 1. The zero-order valence-electron chi connectivity index (χ0n) is 16.3. The predicted octanol–water partition coefficient (Wildman–Crippen LogP) is 3.56. The smallest absolute Gasteiger partial charge is 0.322 e. The van der Waals surface area contributed by atoms with E-state index in [1.807, 2.05) is 27.7 Å². The van der Waals surface area contributed by atoms with Crippen LogP contribution in [0.15, 0.2) is 34.9 Å². The van der Waals surface area contributed by atoms with E-state index in [9.17, 15) is 4.79 Å². The van der Waals surface area contributed by atoms with Gasteiger partial charge in [0.15, 0.2) is 11.5 Å². The monoisotopic (exact) mass is 385 g/mol. The largest absolute Gasteiger partial charge is 0.490 e. The number of anilines is 1. The first-order valence-electron chi connectivity index (χ1n) is 9.11. The summed E-state index contributed by atoms with van der Waals surface area (Å²) in [6.07, 6.45) is 1.57. The van der Waals surface area contributed by atoms with E-state index in [1.165, 1.54) is 0 Å². The molecule has 1 N–H and O–H groups in total. The molecule has 0 unspecified atom stereocenters. The highest BCUT2D eigenvalue weighted by Crippen LogP contribution is 2.32. The molecule has 0 aliphatic carbocycles. The van der Waals surface area contributed by atoms with E-state index in [0.717, 1.165) is 0 Å². The number of aromatic nitrogens is 4. The Bertz CT molecular complexity index is 947. The summed E-state index contributed by atoms with van der Waals surface area (Å²) in [4.78, 5) is 12.5. The van der Waals surface area contributed by atoms with Gasteiger partial charge in [-0.15, -0.1) is 5.10 Å². The third-order valence-electron chi connectivity index (χ3n) is 3.83. The van der Waals surface area contributed by atoms with Crippen molar-refractivity contribution in [2.24, 2.45) is 0 Å². The van der Waals surface area contributed by atoms with Gasteiger partial charge in [0.05, 0.1) is 13.2 Å². The Hall–Kier alpha value is -3.36. The lowest BCUT2D eigenvalue weighted by Gasteiger charge is -2.11. The van der Waals surface area contributed by atoms with Crippen molar-refractivity contribution in [1.29, 1.82) is 0 Å². The number of nitrogens with zero attached hydrogens (tertiary/aromatic N) is 4. The summed E-state index contributed by atoms with van der Waals surface area (Å²) in [6, 6.07) is 7.03. The molecule has 2 heterocycles. The van der Waals surface area contributed by atoms with Gasteiger partial charge in [0.2, 0.25) is 5.89 Å². The van der Waals surface area contributed by atoms with Crippen molar-refractivity contribution in [2.45, 2.75) is 33.7 Å². The number of ether oxygens (including phenoxy) is 2. The molecule has 9 heteroatoms. The fourth-order valence-electron chi connectivity index (χ4n) is 2.64. The minimum atomic E-state index is -0.372. The molecule has 0 spiro atoms. The molecule has 0 saturated carbocycles. The van der Waals surface area contributed by atoms with Crippen LogP contribution in [0.25, 0.3) is 11.5 Å². The van der Waals surface area contributed by atoms with Gasteiger partial charge in [0.25, 0.3) is 5.91 Å². The normalized spacial score (nSPS) is 10.9. The number of hydrogen-bond acceptors (Lipinski definition) is 7. The molecule has 9 nitrogen and oxygen atoms in total. The Morgan fingerprint density at radius 1 is 1.14 bits per heavy atom. The van der Waals surface area contributed by atoms with Crippen LogP contribution in [0.5, 0.6) is 11.5 Å². The molecule has 0 aliphatic rings. The summed E-state index contributed by atoms with van der Waals surface area (Å²) < 4.78 is 18.4. The van der Waals surface area contributed by atoms with E-state index in [0.29, 0.717) is 36.0 Å². The minimum Gasteiger partial charge on any atom is -0.490 e. The van der Waals surface area contributed by atoms with Crippen LogP contribution >= 0.6 is 0 Å². The second-order valence-electron chi connectivity index (χ2n) is 6.15. The SMILES string of the molecule is CCOc1ccc(-c2nnc(NC(=O)c3ccnn3C(C)C)o2)cc1OCC. The first kappa shape index (κ1) is 19.4. The van der Waals surface area contributed by atoms with Crippen LogP contribution in [-0.4, -0.2) is 39.1 Å². The van der Waals surface area contributed by atoms with Crippen LogP contribution in [-0.2, 0) is 0 Å². The minimum absolute atomic E-state index is 0.00310. The molecule has 0 radical (unpaired) electrons. The average molecular weight is 385 g/mol. The highest BCUT2D eigenvalue weighted by molar-refractivity contribution is 6.01. The Morgan fingerprint density at radius 2 is 1.89 bits per heavy atom. The molecule has 0 atom stereocenters. The number of rotatable bonds is 8. The van der Waals surface area contributed by atoms with Gasteiger partial charge in [-0.2, -0.15) is 5.10 Å². The second-order valence-corrected chi connectivity index (χ2v) is 6.15. The second kappa shape index (κ2) is 8.55. The fraction of sp³-hybridized carbons (Fsp3) is 0.368. The van der Waals surface area contributed by atoms with Crippen molar-refractivity contribution < 1.29 is 18.7 Å². The van der Waals surface area contributed by atoms with Crippen molar-refractivity contribution in [1.82, 2.24) is 20.0 Å². The topological polar surface area (TPSA) is 104 Å². The lowest BCUT2D eigenvalue weighted by atomic mass is 10.2. The van der Waals surface area contributed by atoms with Crippen molar-refractivity contribution in [2.75, 3.05) is 18.5 Å². The first-order valence-corrected chi connectivity index (χ1v) is 9.11. The molecule has 148 valence electrons. The number of nitrogens with one attached hydrogen (secondary N) is 1. The highest BCUT2D eigenvalue weighted by Gasteiger charge is 2.18. The van der Waals surface area contributed by atoms with E-state index in [-0.39, 0.29) is 23.9 Å². The lowest BCUT2D eigenvalue weighted by Crippen LogP contribution is -2.19. The van der Waals surface area contributed by atoms with Crippen LogP contribution in [0.4, 0.5) is 6.01 Å². The van der Waals surface area contributed by atoms with Gasteiger partial charge in [-0.1, -0.05) is 5.10 Å². The number of carbonyl (C=O) groups is 1. The summed E-state index contributed by atoms with van der Waals surface area (Å²) in [6.45, 7) is 8.71.